The summed E-state index contributed by atoms with van der Waals surface area (Å²) in [4.78, 5) is 0. The number of halogens is 4. The lowest BCUT2D eigenvalue weighted by Gasteiger charge is -2.25. The first-order valence-electron chi connectivity index (χ1n) is 9.62. The molecule has 0 radical (unpaired) electrons. The van der Waals surface area contributed by atoms with Crippen molar-refractivity contribution in [1.82, 2.24) is 4.57 Å². The molecule has 0 unspecified atom stereocenters. The zero-order valence-electron chi connectivity index (χ0n) is 16.2. The highest BCUT2D eigenvalue weighted by Gasteiger charge is 2.34. The van der Waals surface area contributed by atoms with Gasteiger partial charge in [0.05, 0.1) is 18.2 Å². The largest absolute Gasteiger partial charge is 0.417 e. The molecule has 4 aromatic rings. The molecule has 0 bridgehead atoms. The molecule has 2 atom stereocenters. The Kier molecular flexibility index (Phi) is 5.56. The minimum absolute atomic E-state index is 0.00132. The summed E-state index contributed by atoms with van der Waals surface area (Å²) in [5.74, 6) is -0.522. The Morgan fingerprint density at radius 1 is 0.871 bits per heavy atom. The van der Waals surface area contributed by atoms with Gasteiger partial charge in [-0.15, -0.1) is 0 Å². The molecule has 1 aromatic heterocycles. The number of aliphatic hydroxyl groups excluding tert-OH is 2. The van der Waals surface area contributed by atoms with Crippen molar-refractivity contribution < 1.29 is 27.8 Å². The van der Waals surface area contributed by atoms with Gasteiger partial charge in [0.15, 0.2) is 0 Å². The van der Waals surface area contributed by atoms with E-state index in [1.165, 1.54) is 42.6 Å². The smallest absolute Gasteiger partial charge is 0.394 e. The van der Waals surface area contributed by atoms with Crippen LogP contribution in [0.2, 0.25) is 0 Å². The molecule has 0 aliphatic heterocycles. The minimum atomic E-state index is -4.55. The van der Waals surface area contributed by atoms with Crippen LogP contribution in [0.1, 0.15) is 17.2 Å². The predicted molar refractivity (Wildman–Crippen MR) is 110 cm³/mol. The third-order valence-electron chi connectivity index (χ3n) is 5.30. The van der Waals surface area contributed by atoms with E-state index in [-0.39, 0.29) is 5.56 Å². The highest BCUT2D eigenvalue weighted by molar-refractivity contribution is 5.97. The van der Waals surface area contributed by atoms with Gasteiger partial charge in [0.25, 0.3) is 0 Å². The van der Waals surface area contributed by atoms with Gasteiger partial charge in [0.2, 0.25) is 0 Å². The van der Waals surface area contributed by atoms with E-state index >= 15 is 0 Å². The minimum Gasteiger partial charge on any atom is -0.394 e. The van der Waals surface area contributed by atoms with Gasteiger partial charge in [-0.3, -0.25) is 0 Å². The highest BCUT2D eigenvalue weighted by atomic mass is 19.4. The predicted octanol–water partition coefficient (Wildman–Crippen LogP) is 5.41. The fraction of sp³-hybridized carbons (Fsp3) is 0.167. The average Bonchev–Trinajstić information content (AvgIpc) is 3.12. The second-order valence-electron chi connectivity index (χ2n) is 7.26. The van der Waals surface area contributed by atoms with Crippen LogP contribution < -0.4 is 0 Å². The van der Waals surface area contributed by atoms with E-state index in [2.05, 4.69) is 0 Å². The van der Waals surface area contributed by atoms with E-state index in [4.69, 9.17) is 0 Å². The molecule has 2 N–H and O–H groups in total. The zero-order valence-corrected chi connectivity index (χ0v) is 16.2. The van der Waals surface area contributed by atoms with E-state index in [9.17, 15) is 27.8 Å². The van der Waals surface area contributed by atoms with Crippen LogP contribution in [0.5, 0.6) is 0 Å². The molecule has 7 heteroatoms. The Morgan fingerprint density at radius 3 is 2.29 bits per heavy atom. The highest BCUT2D eigenvalue weighted by Crippen LogP contribution is 2.41. The number of benzene rings is 3. The number of hydrogen-bond acceptors (Lipinski definition) is 2. The number of aliphatic hydroxyl groups is 2. The van der Waals surface area contributed by atoms with E-state index < -0.39 is 36.3 Å². The van der Waals surface area contributed by atoms with Crippen molar-refractivity contribution in [3.8, 4) is 11.1 Å². The van der Waals surface area contributed by atoms with E-state index in [0.717, 1.165) is 6.07 Å². The van der Waals surface area contributed by atoms with Gasteiger partial charge in [0, 0.05) is 22.7 Å². The van der Waals surface area contributed by atoms with Gasteiger partial charge in [-0.2, -0.15) is 13.2 Å². The van der Waals surface area contributed by atoms with Gasteiger partial charge in [-0.25, -0.2) is 4.39 Å². The third-order valence-corrected chi connectivity index (χ3v) is 5.30. The lowest BCUT2D eigenvalue weighted by Crippen LogP contribution is -2.28. The van der Waals surface area contributed by atoms with Crippen molar-refractivity contribution in [3.05, 3.63) is 95.9 Å². The molecule has 0 aliphatic rings. The number of hydrogen-bond donors (Lipinski definition) is 2. The van der Waals surface area contributed by atoms with Crippen molar-refractivity contribution in [3.63, 3.8) is 0 Å². The van der Waals surface area contributed by atoms with Crippen LogP contribution in [-0.2, 0) is 6.18 Å². The quantitative estimate of drug-likeness (QED) is 0.417. The first-order valence-corrected chi connectivity index (χ1v) is 9.62. The average molecular weight is 429 g/mol. The molecule has 0 aliphatic carbocycles. The summed E-state index contributed by atoms with van der Waals surface area (Å²) >= 11 is 0. The van der Waals surface area contributed by atoms with Crippen LogP contribution in [-0.4, -0.2) is 27.5 Å². The number of nitrogens with zero attached hydrogens (tertiary/aromatic N) is 1. The summed E-state index contributed by atoms with van der Waals surface area (Å²) in [5, 5.41) is 20.8. The van der Waals surface area contributed by atoms with Crippen molar-refractivity contribution >= 4 is 10.9 Å². The molecule has 4 rings (SSSR count). The summed E-state index contributed by atoms with van der Waals surface area (Å²) < 4.78 is 56.5. The maximum Gasteiger partial charge on any atom is 0.417 e. The van der Waals surface area contributed by atoms with Crippen molar-refractivity contribution in [2.45, 2.75) is 18.3 Å². The van der Waals surface area contributed by atoms with Gasteiger partial charge in [-0.1, -0.05) is 48.5 Å². The lowest BCUT2D eigenvalue weighted by atomic mass is 9.99. The van der Waals surface area contributed by atoms with Crippen LogP contribution in [0.25, 0.3) is 22.0 Å². The molecule has 0 spiro atoms. The molecular weight excluding hydrogens is 410 g/mol. The molecule has 0 saturated heterocycles. The normalized spacial score (nSPS) is 14.0. The molecule has 160 valence electrons. The van der Waals surface area contributed by atoms with E-state index in [0.29, 0.717) is 22.0 Å². The molecule has 3 aromatic carbocycles. The number of fused-ring (bicyclic) bond motifs is 1. The van der Waals surface area contributed by atoms with Crippen LogP contribution in [0.4, 0.5) is 17.6 Å². The zero-order chi connectivity index (χ0) is 22.2. The number of alkyl halides is 3. The first-order chi connectivity index (χ1) is 14.8. The fourth-order valence-corrected chi connectivity index (χ4v) is 3.97. The molecule has 0 amide bonds. The molecule has 1 heterocycles. The molecule has 3 nitrogen and oxygen atoms in total. The molecule has 0 fully saturated rings. The summed E-state index contributed by atoms with van der Waals surface area (Å²) in [6.07, 6.45) is -4.33. The van der Waals surface area contributed by atoms with Crippen LogP contribution in [0, 0.1) is 5.82 Å². The van der Waals surface area contributed by atoms with Crippen LogP contribution >= 0.6 is 0 Å². The fourth-order valence-electron chi connectivity index (χ4n) is 3.97. The summed E-state index contributed by atoms with van der Waals surface area (Å²) in [6, 6.07) is 16.8. The third kappa shape index (κ3) is 3.94. The Labute approximate surface area is 175 Å². The second kappa shape index (κ2) is 8.17. The standard InChI is InChI=1S/C24H19F4NO2/c25-16-7-5-6-15(12-16)23(22(31)14-30)29-13-19(18-9-2-4-11-21(18)29)17-8-1-3-10-20(17)24(26,27)28/h1-13,22-23,30-31H,14H2/t22-,23+/m1/s1. The summed E-state index contributed by atoms with van der Waals surface area (Å²) in [7, 11) is 0. The first kappa shape index (κ1) is 21.1. The maximum atomic E-state index is 13.9. The van der Waals surface area contributed by atoms with Crippen molar-refractivity contribution in [2.24, 2.45) is 0 Å². The van der Waals surface area contributed by atoms with Crippen molar-refractivity contribution in [1.29, 1.82) is 0 Å². The van der Waals surface area contributed by atoms with Gasteiger partial charge in [-0.05, 0) is 35.4 Å². The number of para-hydroxylation sites is 1. The summed E-state index contributed by atoms with van der Waals surface area (Å²) in [5.41, 5.74) is 0.494. The Bertz CT molecular complexity index is 1220. The van der Waals surface area contributed by atoms with Gasteiger partial charge in [0.1, 0.15) is 11.9 Å². The SMILES string of the molecule is OC[C@@H](O)[C@H](c1cccc(F)c1)n1cc(-c2ccccc2C(F)(F)F)c2ccccc21. The number of aromatic nitrogens is 1. The lowest BCUT2D eigenvalue weighted by molar-refractivity contribution is -0.137. The topological polar surface area (TPSA) is 45.4 Å². The van der Waals surface area contributed by atoms with E-state index in [1.54, 1.807) is 34.9 Å². The molecule has 0 saturated carbocycles. The Morgan fingerprint density at radius 2 is 1.58 bits per heavy atom. The van der Waals surface area contributed by atoms with E-state index in [1.807, 2.05) is 0 Å². The second-order valence-corrected chi connectivity index (χ2v) is 7.26. The van der Waals surface area contributed by atoms with Crippen molar-refractivity contribution in [2.75, 3.05) is 6.61 Å². The van der Waals surface area contributed by atoms with Crippen LogP contribution in [0.3, 0.4) is 0 Å². The Balaban J connectivity index is 2.00. The number of rotatable bonds is 5. The monoisotopic (exact) mass is 429 g/mol. The maximum absolute atomic E-state index is 13.9. The van der Waals surface area contributed by atoms with Gasteiger partial charge >= 0.3 is 6.18 Å². The molecular formula is C24H19F4NO2. The molecule has 31 heavy (non-hydrogen) atoms. The Hall–Kier alpha value is -3.16. The van der Waals surface area contributed by atoms with Crippen LogP contribution in [0.15, 0.2) is 79.0 Å². The van der Waals surface area contributed by atoms with Gasteiger partial charge < -0.3 is 14.8 Å². The summed E-state index contributed by atoms with van der Waals surface area (Å²) in [6.45, 7) is -0.609.